The van der Waals surface area contributed by atoms with Gasteiger partial charge in [-0.3, -0.25) is 9.35 Å². The number of carbonyl (C=O) groups excluding carboxylic acids is 1. The Bertz CT molecular complexity index is 510. The molecular formula is C11H15NO4S. The van der Waals surface area contributed by atoms with E-state index in [1.165, 1.54) is 6.92 Å². The fraction of sp³-hybridized carbons (Fsp3) is 0.364. The van der Waals surface area contributed by atoms with Crippen LogP contribution >= 0.6 is 0 Å². The van der Waals surface area contributed by atoms with Gasteiger partial charge in [-0.1, -0.05) is 29.8 Å². The van der Waals surface area contributed by atoms with Crippen LogP contribution in [0.4, 0.5) is 0 Å². The Hall–Kier alpha value is -1.40. The molecular weight excluding hydrogens is 242 g/mol. The molecule has 0 bridgehead atoms. The van der Waals surface area contributed by atoms with Gasteiger partial charge in [-0.25, -0.2) is 0 Å². The maximum atomic E-state index is 11.0. The smallest absolute Gasteiger partial charge is 0.267 e. The van der Waals surface area contributed by atoms with Crippen LogP contribution in [0.5, 0.6) is 0 Å². The van der Waals surface area contributed by atoms with Crippen LogP contribution < -0.4 is 5.32 Å². The Labute approximate surface area is 101 Å². The van der Waals surface area contributed by atoms with Crippen molar-refractivity contribution in [1.82, 2.24) is 5.32 Å². The predicted octanol–water partition coefficient (Wildman–Crippen LogP) is 1.06. The van der Waals surface area contributed by atoms with E-state index >= 15 is 0 Å². The minimum Gasteiger partial charge on any atom is -0.348 e. The minimum absolute atomic E-state index is 0.347. The molecule has 0 fully saturated rings. The van der Waals surface area contributed by atoms with Gasteiger partial charge >= 0.3 is 0 Å². The topological polar surface area (TPSA) is 83.5 Å². The molecule has 0 radical (unpaired) electrons. The van der Waals surface area contributed by atoms with Gasteiger partial charge in [0.05, 0.1) is 11.8 Å². The summed E-state index contributed by atoms with van der Waals surface area (Å²) in [4.78, 5) is 11.0. The molecule has 5 nitrogen and oxygen atoms in total. The third kappa shape index (κ3) is 4.97. The number of aryl methyl sites for hydroxylation is 1. The van der Waals surface area contributed by atoms with E-state index in [-0.39, 0.29) is 5.91 Å². The van der Waals surface area contributed by atoms with Crippen molar-refractivity contribution >= 4 is 16.0 Å². The number of amides is 1. The van der Waals surface area contributed by atoms with E-state index in [2.05, 4.69) is 5.32 Å². The number of hydrogen-bond donors (Lipinski definition) is 2. The lowest BCUT2D eigenvalue weighted by Gasteiger charge is -2.17. The third-order valence-corrected chi connectivity index (χ3v) is 2.95. The van der Waals surface area contributed by atoms with E-state index in [4.69, 9.17) is 4.55 Å². The number of hydrogen-bond acceptors (Lipinski definition) is 3. The maximum Gasteiger partial charge on any atom is 0.267 e. The largest absolute Gasteiger partial charge is 0.348 e. The molecule has 1 amide bonds. The molecule has 1 atom stereocenters. The Morgan fingerprint density at radius 3 is 2.59 bits per heavy atom. The number of nitrogens with one attached hydrogen (secondary N) is 1. The molecule has 0 aliphatic rings. The van der Waals surface area contributed by atoms with Gasteiger partial charge in [0.15, 0.2) is 0 Å². The number of benzene rings is 1. The van der Waals surface area contributed by atoms with Crippen LogP contribution in [-0.2, 0) is 14.9 Å². The van der Waals surface area contributed by atoms with E-state index in [1.54, 1.807) is 18.2 Å². The molecule has 1 aromatic carbocycles. The average Bonchev–Trinajstić information content (AvgIpc) is 2.13. The van der Waals surface area contributed by atoms with Crippen molar-refractivity contribution in [2.45, 2.75) is 19.9 Å². The second-order valence-electron chi connectivity index (χ2n) is 3.92. The zero-order valence-corrected chi connectivity index (χ0v) is 10.5. The maximum absolute atomic E-state index is 11.0. The summed E-state index contributed by atoms with van der Waals surface area (Å²) in [6.07, 6.45) is 0. The number of carbonyl (C=O) groups is 1. The van der Waals surface area contributed by atoms with E-state index in [1.807, 2.05) is 13.0 Å². The summed E-state index contributed by atoms with van der Waals surface area (Å²) in [6.45, 7) is 3.16. The minimum atomic E-state index is -4.14. The van der Waals surface area contributed by atoms with E-state index < -0.39 is 21.9 Å². The average molecular weight is 257 g/mol. The summed E-state index contributed by atoms with van der Waals surface area (Å²) < 4.78 is 30.6. The van der Waals surface area contributed by atoms with Crippen molar-refractivity contribution in [2.75, 3.05) is 5.75 Å². The first-order valence-corrected chi connectivity index (χ1v) is 6.67. The van der Waals surface area contributed by atoms with Crippen LogP contribution in [0.3, 0.4) is 0 Å². The first-order chi connectivity index (χ1) is 7.78. The summed E-state index contributed by atoms with van der Waals surface area (Å²) in [5.74, 6) is -0.879. The van der Waals surface area contributed by atoms with Crippen molar-refractivity contribution < 1.29 is 17.8 Å². The van der Waals surface area contributed by atoms with Crippen molar-refractivity contribution in [3.05, 3.63) is 35.4 Å². The monoisotopic (exact) mass is 257 g/mol. The fourth-order valence-corrected chi connectivity index (χ4v) is 2.26. The molecule has 0 aliphatic carbocycles. The molecule has 1 unspecified atom stereocenters. The lowest BCUT2D eigenvalue weighted by Crippen LogP contribution is -2.31. The lowest BCUT2D eigenvalue weighted by molar-refractivity contribution is -0.119. The molecule has 6 heteroatoms. The summed E-state index contributed by atoms with van der Waals surface area (Å²) >= 11 is 0. The lowest BCUT2D eigenvalue weighted by atomic mass is 10.1. The standard InChI is InChI=1S/C11H15NO4S/c1-8-4-3-5-10(6-8)11(12-9(2)13)7-17(14,15)16/h3-6,11H,7H2,1-2H3,(H,12,13)(H,14,15,16). The molecule has 0 aliphatic heterocycles. The Kier molecular flexibility index (Phi) is 4.25. The van der Waals surface area contributed by atoms with Crippen molar-refractivity contribution in [3.63, 3.8) is 0 Å². The van der Waals surface area contributed by atoms with E-state index in [9.17, 15) is 13.2 Å². The van der Waals surface area contributed by atoms with E-state index in [0.717, 1.165) is 5.56 Å². The highest BCUT2D eigenvalue weighted by Crippen LogP contribution is 2.16. The SMILES string of the molecule is CC(=O)NC(CS(=O)(=O)O)c1cccc(C)c1. The Morgan fingerprint density at radius 1 is 1.47 bits per heavy atom. The molecule has 2 N–H and O–H groups in total. The molecule has 0 spiro atoms. The Balaban J connectivity index is 3.01. The van der Waals surface area contributed by atoms with Crippen LogP contribution in [0, 0.1) is 6.92 Å². The fourth-order valence-electron chi connectivity index (χ4n) is 1.56. The molecule has 0 saturated carbocycles. The highest BCUT2D eigenvalue weighted by atomic mass is 32.2. The quantitative estimate of drug-likeness (QED) is 0.790. The van der Waals surface area contributed by atoms with Gasteiger partial charge in [-0.05, 0) is 12.5 Å². The summed E-state index contributed by atoms with van der Waals surface area (Å²) in [5, 5.41) is 2.50. The summed E-state index contributed by atoms with van der Waals surface area (Å²) in [5.41, 5.74) is 1.60. The normalized spacial score (nSPS) is 13.1. The van der Waals surface area contributed by atoms with E-state index in [0.29, 0.717) is 5.56 Å². The zero-order chi connectivity index (χ0) is 13.1. The predicted molar refractivity (Wildman–Crippen MR) is 64.2 cm³/mol. The van der Waals surface area contributed by atoms with Crippen molar-refractivity contribution in [1.29, 1.82) is 0 Å². The van der Waals surface area contributed by atoms with Gasteiger partial charge in [-0.2, -0.15) is 8.42 Å². The van der Waals surface area contributed by atoms with Crippen LogP contribution in [0.15, 0.2) is 24.3 Å². The molecule has 1 rings (SSSR count). The highest BCUT2D eigenvalue weighted by Gasteiger charge is 2.19. The molecule has 17 heavy (non-hydrogen) atoms. The second-order valence-corrected chi connectivity index (χ2v) is 5.41. The summed E-state index contributed by atoms with van der Waals surface area (Å²) in [7, 11) is -4.14. The molecule has 0 heterocycles. The highest BCUT2D eigenvalue weighted by molar-refractivity contribution is 7.85. The van der Waals surface area contributed by atoms with Gasteiger partial charge in [0.2, 0.25) is 5.91 Å². The molecule has 94 valence electrons. The number of rotatable bonds is 4. The summed E-state index contributed by atoms with van der Waals surface area (Å²) in [6, 6.07) is 6.37. The van der Waals surface area contributed by atoms with Gasteiger partial charge < -0.3 is 5.32 Å². The first kappa shape index (κ1) is 13.7. The van der Waals surface area contributed by atoms with Gasteiger partial charge in [0.1, 0.15) is 0 Å². The van der Waals surface area contributed by atoms with Crippen LogP contribution in [0.1, 0.15) is 24.1 Å². The van der Waals surface area contributed by atoms with Crippen LogP contribution in [0.25, 0.3) is 0 Å². The molecule has 0 saturated heterocycles. The van der Waals surface area contributed by atoms with Gasteiger partial charge in [-0.15, -0.1) is 0 Å². The van der Waals surface area contributed by atoms with Crippen LogP contribution in [-0.4, -0.2) is 24.6 Å². The van der Waals surface area contributed by atoms with Crippen molar-refractivity contribution in [2.24, 2.45) is 0 Å². The Morgan fingerprint density at radius 2 is 2.12 bits per heavy atom. The molecule has 1 aromatic rings. The second kappa shape index (κ2) is 5.29. The van der Waals surface area contributed by atoms with Gasteiger partial charge in [0.25, 0.3) is 10.1 Å². The van der Waals surface area contributed by atoms with Crippen molar-refractivity contribution in [3.8, 4) is 0 Å². The van der Waals surface area contributed by atoms with Gasteiger partial charge in [0, 0.05) is 6.92 Å². The first-order valence-electron chi connectivity index (χ1n) is 5.07. The van der Waals surface area contributed by atoms with Crippen LogP contribution in [0.2, 0.25) is 0 Å². The molecule has 0 aromatic heterocycles. The zero-order valence-electron chi connectivity index (χ0n) is 9.67. The third-order valence-electron chi connectivity index (χ3n) is 2.20.